The fraction of sp³-hybridized carbons (Fsp3) is 0.111. The van der Waals surface area contributed by atoms with E-state index in [1.807, 2.05) is 17.5 Å². The van der Waals surface area contributed by atoms with Gasteiger partial charge in [0.25, 0.3) is 0 Å². The first-order valence-electron chi connectivity index (χ1n) is 3.67. The number of benzene rings is 1. The van der Waals surface area contributed by atoms with Crippen LogP contribution in [0.25, 0.3) is 10.1 Å². The van der Waals surface area contributed by atoms with Crippen LogP contribution in [-0.2, 0) is 5.88 Å². The van der Waals surface area contributed by atoms with Gasteiger partial charge in [-0.15, -0.1) is 22.9 Å². The van der Waals surface area contributed by atoms with E-state index in [9.17, 15) is 5.11 Å². The Hall–Kier alpha value is -0.250. The van der Waals surface area contributed by atoms with E-state index in [0.717, 1.165) is 20.1 Å². The topological polar surface area (TPSA) is 20.2 Å². The predicted molar refractivity (Wildman–Crippen MR) is 60.7 cm³/mol. The van der Waals surface area contributed by atoms with Gasteiger partial charge in [0, 0.05) is 5.56 Å². The van der Waals surface area contributed by atoms with E-state index >= 15 is 0 Å². The zero-order valence-electron chi connectivity index (χ0n) is 6.55. The van der Waals surface area contributed by atoms with Crippen molar-refractivity contribution < 1.29 is 5.11 Å². The summed E-state index contributed by atoms with van der Waals surface area (Å²) in [5.74, 6) is 0.584. The molecule has 1 aromatic carbocycles. The number of halogens is 2. The summed E-state index contributed by atoms with van der Waals surface area (Å²) in [6, 6.07) is 3.93. The van der Waals surface area contributed by atoms with Gasteiger partial charge in [0.1, 0.15) is 5.75 Å². The standard InChI is InChI=1S/C9H6BrClOS/c10-7-8(12)6(4-11)3-5-1-2-13-9(5)7/h1-3,12H,4H2. The molecule has 0 spiro atoms. The van der Waals surface area contributed by atoms with Crippen molar-refractivity contribution in [2.75, 3.05) is 0 Å². The molecule has 0 bridgehead atoms. The Balaban J connectivity index is 2.83. The highest BCUT2D eigenvalue weighted by atomic mass is 79.9. The van der Waals surface area contributed by atoms with Gasteiger partial charge in [0.15, 0.2) is 0 Å². The Bertz CT molecular complexity index is 452. The van der Waals surface area contributed by atoms with Crippen molar-refractivity contribution >= 4 is 49.0 Å². The summed E-state index contributed by atoms with van der Waals surface area (Å²) >= 11 is 10.6. The maximum Gasteiger partial charge on any atom is 0.135 e. The molecule has 0 atom stereocenters. The summed E-state index contributed by atoms with van der Waals surface area (Å²) < 4.78 is 1.81. The lowest BCUT2D eigenvalue weighted by Gasteiger charge is -2.03. The second-order valence-corrected chi connectivity index (χ2v) is 4.65. The fourth-order valence-electron chi connectivity index (χ4n) is 1.22. The monoisotopic (exact) mass is 276 g/mol. The van der Waals surface area contributed by atoms with Crippen molar-refractivity contribution in [3.63, 3.8) is 0 Å². The van der Waals surface area contributed by atoms with Crippen LogP contribution in [0.15, 0.2) is 22.0 Å². The second kappa shape index (κ2) is 3.48. The fourth-order valence-corrected chi connectivity index (χ4v) is 3.00. The molecule has 13 heavy (non-hydrogen) atoms. The lowest BCUT2D eigenvalue weighted by atomic mass is 10.2. The van der Waals surface area contributed by atoms with Crippen molar-refractivity contribution in [3.05, 3.63) is 27.5 Å². The first-order chi connectivity index (χ1) is 6.24. The van der Waals surface area contributed by atoms with Crippen molar-refractivity contribution in [2.24, 2.45) is 0 Å². The van der Waals surface area contributed by atoms with Gasteiger partial charge < -0.3 is 5.11 Å². The number of hydrogen-bond acceptors (Lipinski definition) is 2. The Labute approximate surface area is 93.1 Å². The van der Waals surface area contributed by atoms with Crippen LogP contribution in [0.3, 0.4) is 0 Å². The summed E-state index contributed by atoms with van der Waals surface area (Å²) in [4.78, 5) is 0. The molecule has 0 saturated carbocycles. The van der Waals surface area contributed by atoms with E-state index in [2.05, 4.69) is 15.9 Å². The summed E-state index contributed by atoms with van der Waals surface area (Å²) in [5, 5.41) is 12.8. The molecule has 1 nitrogen and oxygen atoms in total. The number of fused-ring (bicyclic) bond motifs is 1. The molecule has 1 N–H and O–H groups in total. The number of phenols is 1. The zero-order valence-corrected chi connectivity index (χ0v) is 9.71. The minimum Gasteiger partial charge on any atom is -0.506 e. The molecular weight excluding hydrogens is 272 g/mol. The number of rotatable bonds is 1. The Morgan fingerprint density at radius 2 is 2.31 bits per heavy atom. The third kappa shape index (κ3) is 1.45. The molecule has 0 aliphatic carbocycles. The molecule has 0 aliphatic heterocycles. The summed E-state index contributed by atoms with van der Waals surface area (Å²) in [6.45, 7) is 0. The summed E-state index contributed by atoms with van der Waals surface area (Å²) in [6.07, 6.45) is 0. The number of thiophene rings is 1. The van der Waals surface area contributed by atoms with Crippen LogP contribution in [-0.4, -0.2) is 5.11 Å². The minimum atomic E-state index is 0.255. The smallest absolute Gasteiger partial charge is 0.135 e. The van der Waals surface area contributed by atoms with Crippen LogP contribution in [0, 0.1) is 0 Å². The predicted octanol–water partition coefficient (Wildman–Crippen LogP) is 4.11. The van der Waals surface area contributed by atoms with Gasteiger partial charge in [-0.1, -0.05) is 0 Å². The minimum absolute atomic E-state index is 0.255. The summed E-state index contributed by atoms with van der Waals surface area (Å²) in [5.41, 5.74) is 0.763. The molecule has 0 amide bonds. The summed E-state index contributed by atoms with van der Waals surface area (Å²) in [7, 11) is 0. The maximum atomic E-state index is 9.69. The number of phenolic OH excluding ortho intramolecular Hbond substituents is 1. The maximum absolute atomic E-state index is 9.69. The van der Waals surface area contributed by atoms with Gasteiger partial charge in [-0.2, -0.15) is 0 Å². The highest BCUT2D eigenvalue weighted by molar-refractivity contribution is 9.10. The van der Waals surface area contributed by atoms with Gasteiger partial charge in [-0.3, -0.25) is 0 Å². The SMILES string of the molecule is Oc1c(CCl)cc2ccsc2c1Br. The molecule has 68 valence electrons. The second-order valence-electron chi connectivity index (χ2n) is 2.67. The highest BCUT2D eigenvalue weighted by Crippen LogP contribution is 2.38. The van der Waals surface area contributed by atoms with Gasteiger partial charge in [0.05, 0.1) is 15.1 Å². The molecule has 0 radical (unpaired) electrons. The Morgan fingerprint density at radius 1 is 1.54 bits per heavy atom. The van der Waals surface area contributed by atoms with Crippen LogP contribution >= 0.6 is 38.9 Å². The number of alkyl halides is 1. The van der Waals surface area contributed by atoms with E-state index in [4.69, 9.17) is 11.6 Å². The van der Waals surface area contributed by atoms with E-state index in [-0.39, 0.29) is 5.75 Å². The van der Waals surface area contributed by atoms with E-state index in [1.165, 1.54) is 0 Å². The van der Waals surface area contributed by atoms with Gasteiger partial charge in [-0.05, 0) is 38.8 Å². The van der Waals surface area contributed by atoms with Gasteiger partial charge >= 0.3 is 0 Å². The molecular formula is C9H6BrClOS. The van der Waals surface area contributed by atoms with Crippen LogP contribution < -0.4 is 0 Å². The molecule has 0 saturated heterocycles. The van der Waals surface area contributed by atoms with Crippen LogP contribution in [0.5, 0.6) is 5.75 Å². The number of aromatic hydroxyl groups is 1. The van der Waals surface area contributed by atoms with Crippen LogP contribution in [0.1, 0.15) is 5.56 Å². The van der Waals surface area contributed by atoms with Crippen molar-refractivity contribution in [1.29, 1.82) is 0 Å². The van der Waals surface area contributed by atoms with Crippen molar-refractivity contribution in [1.82, 2.24) is 0 Å². The van der Waals surface area contributed by atoms with Crippen LogP contribution in [0.2, 0.25) is 0 Å². The van der Waals surface area contributed by atoms with Gasteiger partial charge in [0.2, 0.25) is 0 Å². The molecule has 2 rings (SSSR count). The third-order valence-corrected chi connectivity index (χ3v) is 4.15. The average Bonchev–Trinajstić information content (AvgIpc) is 2.59. The molecule has 0 fully saturated rings. The normalized spacial score (nSPS) is 10.9. The first kappa shape index (κ1) is 9.31. The zero-order chi connectivity index (χ0) is 9.42. The molecule has 0 aliphatic rings. The largest absolute Gasteiger partial charge is 0.506 e. The third-order valence-electron chi connectivity index (χ3n) is 1.88. The van der Waals surface area contributed by atoms with Gasteiger partial charge in [-0.25, -0.2) is 0 Å². The Kier molecular flexibility index (Phi) is 2.49. The van der Waals surface area contributed by atoms with Crippen LogP contribution in [0.4, 0.5) is 0 Å². The highest BCUT2D eigenvalue weighted by Gasteiger charge is 2.10. The van der Waals surface area contributed by atoms with Crippen molar-refractivity contribution in [3.8, 4) is 5.75 Å². The first-order valence-corrected chi connectivity index (χ1v) is 5.88. The molecule has 1 aromatic heterocycles. The van der Waals surface area contributed by atoms with E-state index in [0.29, 0.717) is 5.88 Å². The number of hydrogen-bond donors (Lipinski definition) is 1. The molecule has 4 heteroatoms. The lowest BCUT2D eigenvalue weighted by molar-refractivity contribution is 0.468. The molecule has 2 aromatic rings. The Morgan fingerprint density at radius 3 is 3.00 bits per heavy atom. The molecule has 0 unspecified atom stereocenters. The van der Waals surface area contributed by atoms with E-state index < -0.39 is 0 Å². The lowest BCUT2D eigenvalue weighted by Crippen LogP contribution is -1.80. The average molecular weight is 278 g/mol. The van der Waals surface area contributed by atoms with E-state index in [1.54, 1.807) is 11.3 Å². The van der Waals surface area contributed by atoms with Crippen molar-refractivity contribution in [2.45, 2.75) is 5.88 Å². The quantitative estimate of drug-likeness (QED) is 0.778. The molecule has 1 heterocycles.